The molecule has 1 fully saturated rings. The van der Waals surface area contributed by atoms with Gasteiger partial charge in [0.2, 0.25) is 0 Å². The van der Waals surface area contributed by atoms with Crippen molar-refractivity contribution < 1.29 is 106 Å². The molecule has 444 valence electrons. The molecule has 0 spiro atoms. The molecule has 0 aromatic heterocycles. The molecule has 0 saturated carbocycles. The molecule has 1 heterocycles. The molecular weight excluding hydrogens is 1040 g/mol. The Labute approximate surface area is 456 Å². The average molecular weight is 1130 g/mol. The fraction of sp³-hybridized carbons (Fsp3) is 0.596. The molecule has 3 aromatic rings. The molecule has 0 radical (unpaired) electrons. The summed E-state index contributed by atoms with van der Waals surface area (Å²) >= 11 is 0. The maximum absolute atomic E-state index is 13.5. The maximum atomic E-state index is 13.5. The summed E-state index contributed by atoms with van der Waals surface area (Å²) in [6.07, 6.45) is -21.8. The van der Waals surface area contributed by atoms with Crippen molar-refractivity contribution in [2.45, 2.75) is 120 Å². The molecule has 0 aliphatic carbocycles. The van der Waals surface area contributed by atoms with Crippen LogP contribution in [0.25, 0.3) is 0 Å². The molecule has 0 bridgehead atoms. The summed E-state index contributed by atoms with van der Waals surface area (Å²) in [5, 5.41) is 190. The van der Waals surface area contributed by atoms with Gasteiger partial charge in [-0.3, -0.25) is 29.1 Å². The average Bonchev–Trinajstić information content (AvgIpc) is 3.45. The molecule has 12 atom stereocenters. The largest absolute Gasteiger partial charge is 0.507 e. The summed E-state index contributed by atoms with van der Waals surface area (Å²) < 4.78 is 0. The van der Waals surface area contributed by atoms with E-state index in [-0.39, 0.29) is 47.8 Å². The lowest BCUT2D eigenvalue weighted by Crippen LogP contribution is -2.49. The molecule has 1 aliphatic rings. The molecule has 1 saturated heterocycles. The van der Waals surface area contributed by atoms with Gasteiger partial charge >= 0.3 is 0 Å². The Morgan fingerprint density at radius 3 is 0.861 bits per heavy atom. The fourth-order valence-electron chi connectivity index (χ4n) is 8.99. The van der Waals surface area contributed by atoms with Gasteiger partial charge in [-0.2, -0.15) is 0 Å². The summed E-state index contributed by atoms with van der Waals surface area (Å²) in [5.74, 6) is -3.71. The first-order chi connectivity index (χ1) is 37.2. The van der Waals surface area contributed by atoms with Crippen LogP contribution in [0.3, 0.4) is 0 Å². The number of hydrogen-bond acceptors (Lipinski definition) is 24. The third kappa shape index (κ3) is 18.6. The van der Waals surface area contributed by atoms with Crippen LogP contribution in [0.5, 0.6) is 17.2 Å². The second kappa shape index (κ2) is 31.1. The van der Waals surface area contributed by atoms with Crippen LogP contribution in [0.15, 0.2) is 36.4 Å². The van der Waals surface area contributed by atoms with Crippen LogP contribution in [-0.2, 0) is 19.6 Å². The van der Waals surface area contributed by atoms with Crippen LogP contribution in [0.1, 0.15) is 70.9 Å². The maximum Gasteiger partial charge on any atom is 0.255 e. The van der Waals surface area contributed by atoms with Gasteiger partial charge in [-0.25, -0.2) is 0 Å². The van der Waals surface area contributed by atoms with Gasteiger partial charge in [0.1, 0.15) is 72.2 Å². The highest BCUT2D eigenvalue weighted by atomic mass is 16.4. The zero-order valence-corrected chi connectivity index (χ0v) is 44.3. The number of aliphatic hydroxyl groups is 15. The van der Waals surface area contributed by atoms with E-state index in [9.17, 15) is 91.0 Å². The zero-order chi connectivity index (χ0) is 59.0. The van der Waals surface area contributed by atoms with Gasteiger partial charge < -0.3 is 108 Å². The number of aryl methyl sites for hydroxylation is 3. The predicted molar refractivity (Wildman–Crippen MR) is 279 cm³/mol. The molecule has 3 aromatic carbocycles. The summed E-state index contributed by atoms with van der Waals surface area (Å²) in [4.78, 5) is 46.3. The van der Waals surface area contributed by atoms with E-state index < -0.39 is 136 Å². The van der Waals surface area contributed by atoms with Crippen LogP contribution in [0, 0.1) is 20.8 Å². The van der Waals surface area contributed by atoms with Crippen molar-refractivity contribution in [2.24, 2.45) is 0 Å². The summed E-state index contributed by atoms with van der Waals surface area (Å²) in [5.41, 5.74) is 2.17. The lowest BCUT2D eigenvalue weighted by molar-refractivity contribution is -0.113. The van der Waals surface area contributed by atoms with Crippen LogP contribution >= 0.6 is 0 Å². The van der Waals surface area contributed by atoms with Crippen molar-refractivity contribution >= 4 is 17.7 Å². The van der Waals surface area contributed by atoms with E-state index in [1.54, 1.807) is 39.0 Å². The Bertz CT molecular complexity index is 2340. The lowest BCUT2D eigenvalue weighted by atomic mass is 10.0. The van der Waals surface area contributed by atoms with Gasteiger partial charge in [-0.05, 0) is 75.2 Å². The van der Waals surface area contributed by atoms with Gasteiger partial charge in [0.05, 0.1) is 54.8 Å². The lowest BCUT2D eigenvalue weighted by Gasteiger charge is -2.33. The minimum atomic E-state index is -1.96. The molecule has 27 nitrogen and oxygen atoms in total. The molecule has 4 rings (SSSR count). The van der Waals surface area contributed by atoms with Crippen molar-refractivity contribution in [1.29, 1.82) is 0 Å². The SMILES string of the molecule is Cc1cc(CN2CCCN(Cc3cc(C)cc(C(=O)NCC(O)C(O)C(O)C(O)CO)c3O)CCN(Cc3cc(C)cc(C(=O)NCC(O)C(O)C(O)C(O)CO)c3O)CC2)c(O)c(C(=O)NCC(O)C(O)C(O)C(O)CO)c1. The van der Waals surface area contributed by atoms with E-state index in [0.29, 0.717) is 79.1 Å². The number of carbonyl (C=O) groups is 3. The number of phenolic OH excluding ortho intramolecular Hbond substituents is 3. The van der Waals surface area contributed by atoms with E-state index in [0.717, 1.165) is 0 Å². The molecule has 79 heavy (non-hydrogen) atoms. The van der Waals surface area contributed by atoms with Gasteiger partial charge in [0, 0.05) is 82.1 Å². The zero-order valence-electron chi connectivity index (χ0n) is 44.3. The molecule has 27 heteroatoms. The number of carbonyl (C=O) groups excluding carboxylic acids is 3. The van der Waals surface area contributed by atoms with Crippen LogP contribution in [0.4, 0.5) is 0 Å². The van der Waals surface area contributed by atoms with Gasteiger partial charge in [-0.15, -0.1) is 0 Å². The van der Waals surface area contributed by atoms with Crippen LogP contribution in [0.2, 0.25) is 0 Å². The smallest absolute Gasteiger partial charge is 0.255 e. The number of nitrogens with one attached hydrogen (secondary N) is 3. The van der Waals surface area contributed by atoms with Gasteiger partial charge in [0.25, 0.3) is 17.7 Å². The molecule has 21 N–H and O–H groups in total. The van der Waals surface area contributed by atoms with Crippen molar-refractivity contribution in [3.8, 4) is 17.2 Å². The van der Waals surface area contributed by atoms with Crippen molar-refractivity contribution in [3.63, 3.8) is 0 Å². The van der Waals surface area contributed by atoms with Gasteiger partial charge in [-0.1, -0.05) is 18.2 Å². The summed E-state index contributed by atoms with van der Waals surface area (Å²) in [7, 11) is 0. The second-order valence-corrected chi connectivity index (χ2v) is 20.2. The molecule has 1 aliphatic heterocycles. The number of benzene rings is 3. The van der Waals surface area contributed by atoms with Crippen LogP contribution < -0.4 is 16.0 Å². The number of nitrogens with zero attached hydrogens (tertiary/aromatic N) is 3. The first-order valence-electron chi connectivity index (χ1n) is 25.7. The normalized spacial score (nSPS) is 18.9. The molecular formula is C52H80N6O21. The molecule has 12 unspecified atom stereocenters. The van der Waals surface area contributed by atoms with E-state index >= 15 is 0 Å². The highest BCUT2D eigenvalue weighted by Crippen LogP contribution is 2.30. The first-order valence-corrected chi connectivity index (χ1v) is 25.7. The standard InChI is InChI=1S/C52H80N6O21/c1-26-11-29(41(68)32(14-26)50(77)53-17-35(62)44(71)47(74)38(65)23-59)20-56-5-4-6-57(21-30-12-27(2)15-33(42(30)69)51(78)54-18-36(63)45(72)48(75)39(66)24-60)8-10-58(9-7-56)22-31-13-28(3)16-34(43(31)70)52(79)55-19-37(64)46(73)49(76)40(67)25-61/h11-16,35-40,44-49,59-76H,4-10,17-25H2,1-3H3,(H,53,77)(H,54,78)(H,55,79). The summed E-state index contributed by atoms with van der Waals surface area (Å²) in [6.45, 7) is 2.86. The van der Waals surface area contributed by atoms with Crippen molar-refractivity contribution in [3.05, 3.63) is 86.5 Å². The van der Waals surface area contributed by atoms with E-state index in [4.69, 9.17) is 15.3 Å². The minimum absolute atomic E-state index is 0.0508. The highest BCUT2D eigenvalue weighted by molar-refractivity contribution is 5.98. The van der Waals surface area contributed by atoms with Crippen molar-refractivity contribution in [2.75, 3.05) is 78.7 Å². The number of aliphatic hydroxyl groups excluding tert-OH is 15. The first kappa shape index (κ1) is 66.3. The Hall–Kier alpha value is -5.25. The van der Waals surface area contributed by atoms with E-state index in [2.05, 4.69) is 16.0 Å². The number of aromatic hydroxyl groups is 3. The van der Waals surface area contributed by atoms with Gasteiger partial charge in [0.15, 0.2) is 0 Å². The summed E-state index contributed by atoms with van der Waals surface area (Å²) in [6, 6.07) is 9.25. The monoisotopic (exact) mass is 1120 g/mol. The van der Waals surface area contributed by atoms with Crippen LogP contribution in [-0.4, -0.2) is 276 Å². The Morgan fingerprint density at radius 2 is 0.620 bits per heavy atom. The second-order valence-electron chi connectivity index (χ2n) is 20.2. The van der Waals surface area contributed by atoms with Crippen molar-refractivity contribution in [1.82, 2.24) is 30.7 Å². The minimum Gasteiger partial charge on any atom is -0.507 e. The predicted octanol–water partition coefficient (Wildman–Crippen LogP) is -6.56. The Balaban J connectivity index is 1.63. The third-order valence-corrected chi connectivity index (χ3v) is 13.7. The number of rotatable bonds is 27. The number of hydrogen-bond donors (Lipinski definition) is 21. The van der Waals surface area contributed by atoms with E-state index in [1.165, 1.54) is 18.2 Å². The Kier molecular flexibility index (Phi) is 26.1. The number of amides is 3. The number of phenols is 3. The topological polar surface area (TPSA) is 461 Å². The fourth-order valence-corrected chi connectivity index (χ4v) is 8.99. The quantitative estimate of drug-likeness (QED) is 0.0337. The molecule has 3 amide bonds. The third-order valence-electron chi connectivity index (χ3n) is 13.7. The van der Waals surface area contributed by atoms with E-state index in [1.807, 2.05) is 14.7 Å². The highest BCUT2D eigenvalue weighted by Gasteiger charge is 2.34. The Morgan fingerprint density at radius 1 is 0.392 bits per heavy atom.